The number of nitrogens with one attached hydrogen (secondary N) is 1. The van der Waals surface area contributed by atoms with Gasteiger partial charge in [0.25, 0.3) is 0 Å². The number of para-hydroxylation sites is 1. The van der Waals surface area contributed by atoms with Gasteiger partial charge in [0.05, 0.1) is 19.2 Å². The van der Waals surface area contributed by atoms with E-state index in [1.54, 1.807) is 13.2 Å². The molecular formula is C13H14N2O4. The summed E-state index contributed by atoms with van der Waals surface area (Å²) < 4.78 is 10.2. The van der Waals surface area contributed by atoms with Gasteiger partial charge >= 0.3 is 5.88 Å². The lowest BCUT2D eigenvalue weighted by Gasteiger charge is -2.09. The Morgan fingerprint density at radius 2 is 2.11 bits per heavy atom. The van der Waals surface area contributed by atoms with E-state index in [0.717, 1.165) is 11.3 Å². The molecule has 0 amide bonds. The van der Waals surface area contributed by atoms with Crippen molar-refractivity contribution in [3.05, 3.63) is 57.8 Å². The molecule has 0 unspecified atom stereocenters. The molecule has 0 fully saturated rings. The Morgan fingerprint density at radius 1 is 1.32 bits per heavy atom. The van der Waals surface area contributed by atoms with E-state index in [9.17, 15) is 10.1 Å². The molecule has 1 N–H and O–H groups in total. The highest BCUT2D eigenvalue weighted by Gasteiger charge is 2.11. The second-order valence-corrected chi connectivity index (χ2v) is 3.94. The molecule has 6 heteroatoms. The van der Waals surface area contributed by atoms with Gasteiger partial charge in [-0.2, -0.15) is 0 Å². The summed E-state index contributed by atoms with van der Waals surface area (Å²) in [4.78, 5) is 9.95. The third-order valence-corrected chi connectivity index (χ3v) is 2.60. The van der Waals surface area contributed by atoms with Crippen molar-refractivity contribution in [3.63, 3.8) is 0 Å². The minimum Gasteiger partial charge on any atom is -0.404 e. The second-order valence-electron chi connectivity index (χ2n) is 3.94. The molecule has 0 saturated heterocycles. The van der Waals surface area contributed by atoms with Crippen molar-refractivity contribution in [2.45, 2.75) is 13.2 Å². The molecule has 0 aliphatic rings. The summed E-state index contributed by atoms with van der Waals surface area (Å²) in [6.45, 7) is 0.885. The summed E-state index contributed by atoms with van der Waals surface area (Å²) in [5, 5.41) is 13.7. The van der Waals surface area contributed by atoms with Crippen LogP contribution in [0.25, 0.3) is 0 Å². The second kappa shape index (κ2) is 6.01. The largest absolute Gasteiger partial charge is 0.433 e. The number of nitro groups is 1. The summed E-state index contributed by atoms with van der Waals surface area (Å²) in [6.07, 6.45) is 0. The molecule has 6 nitrogen and oxygen atoms in total. The average molecular weight is 262 g/mol. The highest BCUT2D eigenvalue weighted by atomic mass is 16.6. The summed E-state index contributed by atoms with van der Waals surface area (Å²) >= 11 is 0. The van der Waals surface area contributed by atoms with E-state index in [-0.39, 0.29) is 5.88 Å². The van der Waals surface area contributed by atoms with Crippen LogP contribution in [-0.4, -0.2) is 12.0 Å². The van der Waals surface area contributed by atoms with Crippen LogP contribution < -0.4 is 5.32 Å². The van der Waals surface area contributed by atoms with Crippen LogP contribution in [0, 0.1) is 10.1 Å². The fourth-order valence-corrected chi connectivity index (χ4v) is 1.72. The lowest BCUT2D eigenvalue weighted by Crippen LogP contribution is -2.02. The molecule has 0 aliphatic carbocycles. The first-order chi connectivity index (χ1) is 9.20. The average Bonchev–Trinajstić information content (AvgIpc) is 2.87. The number of hydrogen-bond acceptors (Lipinski definition) is 5. The number of benzene rings is 1. The molecule has 1 heterocycles. The third-order valence-electron chi connectivity index (χ3n) is 2.60. The van der Waals surface area contributed by atoms with Crippen LogP contribution >= 0.6 is 0 Å². The lowest BCUT2D eigenvalue weighted by atomic mass is 10.2. The van der Waals surface area contributed by atoms with E-state index < -0.39 is 4.92 Å². The quantitative estimate of drug-likeness (QED) is 0.639. The molecule has 2 rings (SSSR count). The molecule has 0 bridgehead atoms. The predicted octanol–water partition coefficient (Wildman–Crippen LogP) is 2.95. The maximum atomic E-state index is 10.5. The fourth-order valence-electron chi connectivity index (χ4n) is 1.72. The van der Waals surface area contributed by atoms with Gasteiger partial charge < -0.3 is 14.5 Å². The van der Waals surface area contributed by atoms with Gasteiger partial charge in [-0.05, 0) is 12.1 Å². The summed E-state index contributed by atoms with van der Waals surface area (Å²) in [5.74, 6) is 0.265. The number of nitrogens with zero attached hydrogens (tertiary/aromatic N) is 1. The minimum absolute atomic E-state index is 0.248. The lowest BCUT2D eigenvalue weighted by molar-refractivity contribution is -0.402. The van der Waals surface area contributed by atoms with Gasteiger partial charge in [-0.1, -0.05) is 18.2 Å². The van der Waals surface area contributed by atoms with Gasteiger partial charge in [-0.15, -0.1) is 0 Å². The van der Waals surface area contributed by atoms with Gasteiger partial charge in [0, 0.05) is 18.4 Å². The fraction of sp³-hybridized carbons (Fsp3) is 0.231. The Kier molecular flexibility index (Phi) is 4.15. The van der Waals surface area contributed by atoms with Crippen molar-refractivity contribution >= 4 is 11.6 Å². The number of furan rings is 1. The smallest absolute Gasteiger partial charge is 0.404 e. The predicted molar refractivity (Wildman–Crippen MR) is 69.8 cm³/mol. The van der Waals surface area contributed by atoms with Crippen molar-refractivity contribution in [1.29, 1.82) is 0 Å². The molecular weight excluding hydrogens is 248 g/mol. The molecule has 0 radical (unpaired) electrons. The third kappa shape index (κ3) is 3.32. The van der Waals surface area contributed by atoms with Crippen molar-refractivity contribution in [1.82, 2.24) is 0 Å². The first-order valence-corrected chi connectivity index (χ1v) is 5.74. The van der Waals surface area contributed by atoms with Crippen molar-refractivity contribution in [3.8, 4) is 0 Å². The van der Waals surface area contributed by atoms with Gasteiger partial charge in [-0.3, -0.25) is 10.1 Å². The maximum absolute atomic E-state index is 10.5. The number of hydrogen-bond donors (Lipinski definition) is 1. The van der Waals surface area contributed by atoms with Gasteiger partial charge in [0.15, 0.2) is 0 Å². The monoisotopic (exact) mass is 262 g/mol. The molecule has 0 spiro atoms. The number of anilines is 1. The number of methoxy groups -OCH3 is 1. The zero-order chi connectivity index (χ0) is 13.7. The van der Waals surface area contributed by atoms with Crippen LogP contribution in [-0.2, 0) is 17.9 Å². The Balaban J connectivity index is 2.03. The van der Waals surface area contributed by atoms with Crippen LogP contribution in [0.2, 0.25) is 0 Å². The molecule has 1 aromatic carbocycles. The van der Waals surface area contributed by atoms with Crippen LogP contribution in [0.15, 0.2) is 40.8 Å². The van der Waals surface area contributed by atoms with Gasteiger partial charge in [-0.25, -0.2) is 0 Å². The zero-order valence-electron chi connectivity index (χ0n) is 10.5. The molecule has 1 aromatic heterocycles. The Bertz CT molecular complexity index is 565. The van der Waals surface area contributed by atoms with Crippen LogP contribution in [0.1, 0.15) is 11.3 Å². The van der Waals surface area contributed by atoms with Crippen molar-refractivity contribution in [2.75, 3.05) is 12.4 Å². The highest BCUT2D eigenvalue weighted by molar-refractivity contribution is 5.50. The Labute approximate surface area is 110 Å². The van der Waals surface area contributed by atoms with E-state index in [1.807, 2.05) is 24.3 Å². The topological polar surface area (TPSA) is 77.5 Å². The summed E-state index contributed by atoms with van der Waals surface area (Å²) in [5.41, 5.74) is 1.94. The number of ether oxygens (including phenoxy) is 1. The van der Waals surface area contributed by atoms with Crippen LogP contribution in [0.3, 0.4) is 0 Å². The number of rotatable bonds is 6. The van der Waals surface area contributed by atoms with Gasteiger partial charge in [0.2, 0.25) is 0 Å². The Hall–Kier alpha value is -2.34. The SMILES string of the molecule is COCc1ccccc1NCc1ccc([N+](=O)[O-])o1. The minimum atomic E-state index is -0.553. The first kappa shape index (κ1) is 13.1. The van der Waals surface area contributed by atoms with Crippen LogP contribution in [0.4, 0.5) is 11.6 Å². The van der Waals surface area contributed by atoms with E-state index in [1.165, 1.54) is 6.07 Å². The maximum Gasteiger partial charge on any atom is 0.433 e. The van der Waals surface area contributed by atoms with E-state index in [2.05, 4.69) is 5.32 Å². The van der Waals surface area contributed by atoms with Crippen molar-refractivity contribution < 1.29 is 14.1 Å². The molecule has 0 aliphatic heterocycles. The summed E-state index contributed by atoms with van der Waals surface area (Å²) in [7, 11) is 1.63. The standard InChI is InChI=1S/C13H14N2O4/c1-18-9-10-4-2-3-5-12(10)14-8-11-6-7-13(19-11)15(16)17/h2-7,14H,8-9H2,1H3. The first-order valence-electron chi connectivity index (χ1n) is 5.74. The van der Waals surface area contributed by atoms with Crippen LogP contribution in [0.5, 0.6) is 0 Å². The van der Waals surface area contributed by atoms with E-state index in [0.29, 0.717) is 18.9 Å². The molecule has 19 heavy (non-hydrogen) atoms. The molecule has 100 valence electrons. The highest BCUT2D eigenvalue weighted by Crippen LogP contribution is 2.19. The molecule has 0 atom stereocenters. The van der Waals surface area contributed by atoms with E-state index in [4.69, 9.17) is 9.15 Å². The Morgan fingerprint density at radius 3 is 2.79 bits per heavy atom. The summed E-state index contributed by atoms with van der Waals surface area (Å²) in [6, 6.07) is 10.6. The van der Waals surface area contributed by atoms with E-state index >= 15 is 0 Å². The normalized spacial score (nSPS) is 10.4. The van der Waals surface area contributed by atoms with Crippen molar-refractivity contribution in [2.24, 2.45) is 0 Å². The zero-order valence-corrected chi connectivity index (χ0v) is 10.5. The van der Waals surface area contributed by atoms with Gasteiger partial charge in [0.1, 0.15) is 10.7 Å². The molecule has 0 saturated carbocycles. The molecule has 2 aromatic rings.